The van der Waals surface area contributed by atoms with Gasteiger partial charge >= 0.3 is 0 Å². The van der Waals surface area contributed by atoms with E-state index < -0.39 is 0 Å². The van der Waals surface area contributed by atoms with Crippen LogP contribution in [0.1, 0.15) is 35.9 Å². The van der Waals surface area contributed by atoms with Crippen LogP contribution < -0.4 is 5.32 Å². The molecule has 2 unspecified atom stereocenters. The van der Waals surface area contributed by atoms with Crippen LogP contribution in [0, 0.1) is 0 Å². The molecule has 0 saturated heterocycles. The van der Waals surface area contributed by atoms with E-state index in [2.05, 4.69) is 46.8 Å². The second-order valence-corrected chi connectivity index (χ2v) is 5.06. The lowest BCUT2D eigenvalue weighted by Crippen LogP contribution is -2.33. The molecule has 5 heteroatoms. The van der Waals surface area contributed by atoms with Gasteiger partial charge in [0.2, 0.25) is 0 Å². The van der Waals surface area contributed by atoms with E-state index in [-0.39, 0.29) is 12.1 Å². The molecule has 0 spiro atoms. The lowest BCUT2D eigenvalue weighted by atomic mass is 9.92. The van der Waals surface area contributed by atoms with Crippen LogP contribution in [0.15, 0.2) is 30.5 Å². The monoisotopic (exact) mass is 272 g/mol. The molecule has 0 aliphatic carbocycles. The summed E-state index contributed by atoms with van der Waals surface area (Å²) < 4.78 is 7.88. The number of fused-ring (bicyclic) bond motifs is 1. The second-order valence-electron chi connectivity index (χ2n) is 5.06. The van der Waals surface area contributed by atoms with Gasteiger partial charge in [-0.3, -0.25) is 4.68 Å². The van der Waals surface area contributed by atoms with Crippen LogP contribution in [0.3, 0.4) is 0 Å². The second kappa shape index (κ2) is 5.73. The molecule has 1 aliphatic rings. The third-order valence-electron chi connectivity index (χ3n) is 3.83. The van der Waals surface area contributed by atoms with Crippen molar-refractivity contribution in [1.29, 1.82) is 0 Å². The van der Waals surface area contributed by atoms with Gasteiger partial charge in [-0.05, 0) is 24.1 Å². The molecule has 2 heterocycles. The number of aryl methyl sites for hydroxylation is 1. The number of aromatic nitrogens is 3. The molecular formula is C15H20N4O. The fourth-order valence-electron chi connectivity index (χ4n) is 2.87. The zero-order valence-electron chi connectivity index (χ0n) is 11.9. The molecule has 3 rings (SSSR count). The first-order valence-electron chi connectivity index (χ1n) is 7.08. The van der Waals surface area contributed by atoms with Crippen molar-refractivity contribution in [2.45, 2.75) is 25.5 Å². The summed E-state index contributed by atoms with van der Waals surface area (Å²) in [7, 11) is 1.92. The highest BCUT2D eigenvalue weighted by Crippen LogP contribution is 2.36. The maximum atomic E-state index is 6.07. The maximum Gasteiger partial charge on any atom is 0.104 e. The topological polar surface area (TPSA) is 52.0 Å². The quantitative estimate of drug-likeness (QED) is 0.922. The summed E-state index contributed by atoms with van der Waals surface area (Å²) in [5.74, 6) is 0. The van der Waals surface area contributed by atoms with E-state index in [4.69, 9.17) is 4.74 Å². The molecule has 1 N–H and O–H groups in total. The highest BCUT2D eigenvalue weighted by Gasteiger charge is 2.31. The van der Waals surface area contributed by atoms with Crippen LogP contribution in [0.4, 0.5) is 0 Å². The van der Waals surface area contributed by atoms with Crippen molar-refractivity contribution in [3.8, 4) is 0 Å². The Hall–Kier alpha value is -1.72. The minimum absolute atomic E-state index is 0.0112. The SMILES string of the molecule is CCNC(c1cnnn1C)C1OCCc2ccccc21. The molecule has 0 amide bonds. The molecule has 2 atom stereocenters. The van der Waals surface area contributed by atoms with E-state index in [1.807, 2.05) is 17.9 Å². The van der Waals surface area contributed by atoms with Crippen molar-refractivity contribution in [3.63, 3.8) is 0 Å². The Bertz CT molecular complexity index is 581. The van der Waals surface area contributed by atoms with Crippen molar-refractivity contribution >= 4 is 0 Å². The first-order chi connectivity index (χ1) is 9.81. The summed E-state index contributed by atoms with van der Waals surface area (Å²) in [6.45, 7) is 3.73. The molecule has 1 aliphatic heterocycles. The van der Waals surface area contributed by atoms with Crippen LogP contribution in [-0.2, 0) is 18.2 Å². The highest BCUT2D eigenvalue weighted by molar-refractivity contribution is 5.33. The van der Waals surface area contributed by atoms with Crippen LogP contribution in [0.2, 0.25) is 0 Å². The fourth-order valence-corrected chi connectivity index (χ4v) is 2.87. The summed E-state index contributed by atoms with van der Waals surface area (Å²) in [5, 5.41) is 11.5. The Kier molecular flexibility index (Phi) is 3.80. The first-order valence-corrected chi connectivity index (χ1v) is 7.08. The predicted molar refractivity (Wildman–Crippen MR) is 76.3 cm³/mol. The summed E-state index contributed by atoms with van der Waals surface area (Å²) in [6.07, 6.45) is 2.81. The standard InChI is InChI=1S/C15H20N4O/c1-3-16-14(13-10-17-18-19(13)2)15-12-7-5-4-6-11(12)8-9-20-15/h4-7,10,14-16H,3,8-9H2,1-2H3. The van der Waals surface area contributed by atoms with E-state index in [9.17, 15) is 0 Å². The molecule has 0 fully saturated rings. The van der Waals surface area contributed by atoms with Gasteiger partial charge in [0.15, 0.2) is 0 Å². The number of nitrogens with one attached hydrogen (secondary N) is 1. The van der Waals surface area contributed by atoms with E-state index in [0.717, 1.165) is 25.3 Å². The smallest absolute Gasteiger partial charge is 0.104 e. The van der Waals surface area contributed by atoms with Gasteiger partial charge in [0.1, 0.15) is 6.10 Å². The molecule has 2 aromatic rings. The third-order valence-corrected chi connectivity index (χ3v) is 3.83. The van der Waals surface area contributed by atoms with E-state index in [1.54, 1.807) is 0 Å². The van der Waals surface area contributed by atoms with Gasteiger partial charge in [0.25, 0.3) is 0 Å². The number of likely N-dealkylation sites (N-methyl/N-ethyl adjacent to an activating group) is 1. The zero-order chi connectivity index (χ0) is 13.9. The molecular weight excluding hydrogens is 252 g/mol. The van der Waals surface area contributed by atoms with Gasteiger partial charge in [-0.2, -0.15) is 0 Å². The van der Waals surface area contributed by atoms with Crippen molar-refractivity contribution in [3.05, 3.63) is 47.3 Å². The van der Waals surface area contributed by atoms with Crippen molar-refractivity contribution < 1.29 is 4.74 Å². The highest BCUT2D eigenvalue weighted by atomic mass is 16.5. The summed E-state index contributed by atoms with van der Waals surface area (Å²) in [4.78, 5) is 0. The minimum Gasteiger partial charge on any atom is -0.371 e. The summed E-state index contributed by atoms with van der Waals surface area (Å²) in [5.41, 5.74) is 3.70. The number of rotatable bonds is 4. The maximum absolute atomic E-state index is 6.07. The number of benzene rings is 1. The average molecular weight is 272 g/mol. The lowest BCUT2D eigenvalue weighted by molar-refractivity contribution is 0.0132. The molecule has 1 aromatic carbocycles. The number of ether oxygens (including phenoxy) is 1. The molecule has 0 saturated carbocycles. The fraction of sp³-hybridized carbons (Fsp3) is 0.467. The molecule has 106 valence electrons. The zero-order valence-corrected chi connectivity index (χ0v) is 11.9. The van der Waals surface area contributed by atoms with Gasteiger partial charge in [0.05, 0.1) is 24.5 Å². The number of hydrogen-bond acceptors (Lipinski definition) is 4. The molecule has 5 nitrogen and oxygen atoms in total. The van der Waals surface area contributed by atoms with Crippen molar-refractivity contribution in [2.75, 3.05) is 13.2 Å². The van der Waals surface area contributed by atoms with Gasteiger partial charge in [0, 0.05) is 7.05 Å². The van der Waals surface area contributed by atoms with Crippen molar-refractivity contribution in [2.24, 2.45) is 7.05 Å². The largest absolute Gasteiger partial charge is 0.371 e. The van der Waals surface area contributed by atoms with Gasteiger partial charge < -0.3 is 10.1 Å². The van der Waals surface area contributed by atoms with Crippen LogP contribution in [0.25, 0.3) is 0 Å². The normalized spacial score (nSPS) is 19.6. The Morgan fingerprint density at radius 3 is 3.05 bits per heavy atom. The van der Waals surface area contributed by atoms with Crippen LogP contribution in [-0.4, -0.2) is 28.1 Å². The number of nitrogens with zero attached hydrogens (tertiary/aromatic N) is 3. The van der Waals surface area contributed by atoms with Gasteiger partial charge in [-0.15, -0.1) is 5.10 Å². The van der Waals surface area contributed by atoms with Crippen LogP contribution in [0.5, 0.6) is 0 Å². The molecule has 0 radical (unpaired) electrons. The Morgan fingerprint density at radius 2 is 2.30 bits per heavy atom. The Morgan fingerprint density at radius 1 is 1.45 bits per heavy atom. The van der Waals surface area contributed by atoms with E-state index in [1.165, 1.54) is 11.1 Å². The lowest BCUT2D eigenvalue weighted by Gasteiger charge is -2.32. The van der Waals surface area contributed by atoms with Crippen molar-refractivity contribution in [1.82, 2.24) is 20.3 Å². The molecule has 0 bridgehead atoms. The minimum atomic E-state index is 0.0112. The molecule has 1 aromatic heterocycles. The Labute approximate surface area is 118 Å². The predicted octanol–water partition coefficient (Wildman–Crippen LogP) is 1.78. The third kappa shape index (κ3) is 2.34. The van der Waals surface area contributed by atoms with Crippen LogP contribution >= 0.6 is 0 Å². The van der Waals surface area contributed by atoms with Gasteiger partial charge in [-0.1, -0.05) is 36.4 Å². The van der Waals surface area contributed by atoms with E-state index >= 15 is 0 Å². The van der Waals surface area contributed by atoms with Gasteiger partial charge in [-0.25, -0.2) is 0 Å². The average Bonchev–Trinajstić information content (AvgIpc) is 2.90. The van der Waals surface area contributed by atoms with E-state index in [0.29, 0.717) is 0 Å². The molecule has 20 heavy (non-hydrogen) atoms. The summed E-state index contributed by atoms with van der Waals surface area (Å²) >= 11 is 0. The first kappa shape index (κ1) is 13.3. The Balaban J connectivity index is 1.99. The summed E-state index contributed by atoms with van der Waals surface area (Å²) in [6, 6.07) is 8.59. The number of hydrogen-bond donors (Lipinski definition) is 1.